The lowest BCUT2D eigenvalue weighted by molar-refractivity contribution is 0.0607. The first-order valence-electron chi connectivity index (χ1n) is 6.27. The fraction of sp³-hybridized carbons (Fsp3) is 0.538. The molecule has 0 unspecified atom stereocenters. The van der Waals surface area contributed by atoms with E-state index in [1.165, 1.54) is 25.5 Å². The standard InChI is InChI=1S/C13H21N3O3S/c1-7(2)6-16(4)12-8(11(17)15-3)9(14)10(20-12)13(18)19-5/h7H,6,14H2,1-5H3,(H,15,17). The van der Waals surface area contributed by atoms with Crippen molar-refractivity contribution in [3.8, 4) is 0 Å². The van der Waals surface area contributed by atoms with Crippen molar-refractivity contribution in [1.82, 2.24) is 5.32 Å². The molecule has 0 aliphatic heterocycles. The summed E-state index contributed by atoms with van der Waals surface area (Å²) in [5.74, 6) is -0.413. The van der Waals surface area contributed by atoms with E-state index in [2.05, 4.69) is 19.2 Å². The summed E-state index contributed by atoms with van der Waals surface area (Å²) in [6.45, 7) is 4.91. The Balaban J connectivity index is 3.34. The lowest BCUT2D eigenvalue weighted by atomic mass is 10.2. The van der Waals surface area contributed by atoms with E-state index < -0.39 is 5.97 Å². The summed E-state index contributed by atoms with van der Waals surface area (Å²) in [5, 5.41) is 3.23. The van der Waals surface area contributed by atoms with E-state index in [0.29, 0.717) is 16.5 Å². The Labute approximate surface area is 122 Å². The molecule has 0 spiro atoms. The summed E-state index contributed by atoms with van der Waals surface area (Å²) in [7, 11) is 4.70. The van der Waals surface area contributed by atoms with Crippen LogP contribution >= 0.6 is 11.3 Å². The normalized spacial score (nSPS) is 10.5. The van der Waals surface area contributed by atoms with Gasteiger partial charge in [0, 0.05) is 20.6 Å². The molecule has 0 aliphatic carbocycles. The minimum absolute atomic E-state index is 0.173. The number of nitrogens with one attached hydrogen (secondary N) is 1. The highest BCUT2D eigenvalue weighted by Crippen LogP contribution is 2.38. The third-order valence-electron chi connectivity index (χ3n) is 2.74. The van der Waals surface area contributed by atoms with Crippen LogP contribution in [0.4, 0.5) is 10.7 Å². The number of nitrogens with zero attached hydrogens (tertiary/aromatic N) is 1. The van der Waals surface area contributed by atoms with Crippen molar-refractivity contribution in [3.63, 3.8) is 0 Å². The largest absolute Gasteiger partial charge is 0.465 e. The van der Waals surface area contributed by atoms with Gasteiger partial charge in [0.05, 0.1) is 18.4 Å². The molecule has 0 atom stereocenters. The van der Waals surface area contributed by atoms with E-state index >= 15 is 0 Å². The van der Waals surface area contributed by atoms with Gasteiger partial charge in [0.15, 0.2) is 0 Å². The molecule has 0 aliphatic rings. The van der Waals surface area contributed by atoms with Crippen LogP contribution in [0.3, 0.4) is 0 Å². The van der Waals surface area contributed by atoms with E-state index in [-0.39, 0.29) is 16.5 Å². The molecule has 1 amide bonds. The molecule has 1 aromatic rings. The lowest BCUT2D eigenvalue weighted by Gasteiger charge is -2.21. The topological polar surface area (TPSA) is 84.7 Å². The first-order chi connectivity index (χ1) is 9.33. The number of hydrogen-bond acceptors (Lipinski definition) is 6. The van der Waals surface area contributed by atoms with Gasteiger partial charge < -0.3 is 20.7 Å². The van der Waals surface area contributed by atoms with Crippen LogP contribution in [-0.4, -0.2) is 39.6 Å². The van der Waals surface area contributed by atoms with Crippen LogP contribution in [0.1, 0.15) is 33.9 Å². The van der Waals surface area contributed by atoms with Gasteiger partial charge in [-0.2, -0.15) is 0 Å². The van der Waals surface area contributed by atoms with Crippen molar-refractivity contribution in [2.45, 2.75) is 13.8 Å². The monoisotopic (exact) mass is 299 g/mol. The van der Waals surface area contributed by atoms with Gasteiger partial charge in [-0.15, -0.1) is 11.3 Å². The quantitative estimate of drug-likeness (QED) is 0.806. The average molecular weight is 299 g/mol. The molecule has 0 fully saturated rings. The van der Waals surface area contributed by atoms with Crippen LogP contribution in [-0.2, 0) is 4.74 Å². The molecule has 0 radical (unpaired) electrons. The summed E-state index contributed by atoms with van der Waals surface area (Å²) >= 11 is 1.18. The molecule has 0 aromatic carbocycles. The van der Waals surface area contributed by atoms with E-state index in [9.17, 15) is 9.59 Å². The first kappa shape index (κ1) is 16.3. The zero-order valence-electron chi connectivity index (χ0n) is 12.4. The highest BCUT2D eigenvalue weighted by atomic mass is 32.1. The summed E-state index contributed by atoms with van der Waals surface area (Å²) in [5.41, 5.74) is 6.46. The first-order valence-corrected chi connectivity index (χ1v) is 7.08. The summed E-state index contributed by atoms with van der Waals surface area (Å²) in [6.07, 6.45) is 0. The fourth-order valence-corrected chi connectivity index (χ4v) is 3.03. The van der Waals surface area contributed by atoms with Gasteiger partial charge in [-0.3, -0.25) is 4.79 Å². The predicted molar refractivity (Wildman–Crippen MR) is 81.6 cm³/mol. The Kier molecular flexibility index (Phi) is 5.38. The maximum atomic E-state index is 12.0. The number of carbonyl (C=O) groups excluding carboxylic acids is 2. The van der Waals surface area contributed by atoms with Gasteiger partial charge in [-0.25, -0.2) is 4.79 Å². The number of amides is 1. The molecular weight excluding hydrogens is 278 g/mol. The van der Waals surface area contributed by atoms with Gasteiger partial charge >= 0.3 is 5.97 Å². The number of hydrogen-bond donors (Lipinski definition) is 2. The zero-order chi connectivity index (χ0) is 15.4. The van der Waals surface area contributed by atoms with Crippen LogP contribution in [0.25, 0.3) is 0 Å². The third-order valence-corrected chi connectivity index (χ3v) is 4.04. The van der Waals surface area contributed by atoms with Crippen molar-refractivity contribution < 1.29 is 14.3 Å². The Morgan fingerprint density at radius 3 is 2.50 bits per heavy atom. The molecule has 0 saturated carbocycles. The van der Waals surface area contributed by atoms with Gasteiger partial charge in [0.1, 0.15) is 9.88 Å². The maximum absolute atomic E-state index is 12.0. The SMILES string of the molecule is CNC(=O)c1c(N(C)CC(C)C)sc(C(=O)OC)c1N. The average Bonchev–Trinajstić information content (AvgIpc) is 2.74. The molecule has 1 rings (SSSR count). The molecule has 20 heavy (non-hydrogen) atoms. The van der Waals surface area contributed by atoms with Gasteiger partial charge in [0.2, 0.25) is 0 Å². The third kappa shape index (κ3) is 3.22. The molecule has 0 bridgehead atoms. The predicted octanol–water partition coefficient (Wildman–Crippen LogP) is 1.57. The second-order valence-electron chi connectivity index (χ2n) is 4.87. The van der Waals surface area contributed by atoms with Crippen LogP contribution in [0.15, 0.2) is 0 Å². The van der Waals surface area contributed by atoms with Crippen molar-refractivity contribution in [1.29, 1.82) is 0 Å². The number of esters is 1. The summed E-state index contributed by atoms with van der Waals surface area (Å²) < 4.78 is 4.70. The smallest absolute Gasteiger partial charge is 0.350 e. The minimum atomic E-state index is -0.526. The van der Waals surface area contributed by atoms with E-state index in [4.69, 9.17) is 10.5 Å². The zero-order valence-corrected chi connectivity index (χ0v) is 13.3. The van der Waals surface area contributed by atoms with Crippen LogP contribution in [0, 0.1) is 5.92 Å². The number of rotatable bonds is 5. The Morgan fingerprint density at radius 2 is 2.05 bits per heavy atom. The Morgan fingerprint density at radius 1 is 1.45 bits per heavy atom. The Hall–Kier alpha value is -1.76. The van der Waals surface area contributed by atoms with Crippen molar-refractivity contribution >= 4 is 33.9 Å². The fourth-order valence-electron chi connectivity index (χ4n) is 1.92. The number of carbonyl (C=O) groups is 2. The van der Waals surface area contributed by atoms with Gasteiger partial charge in [-0.05, 0) is 5.92 Å². The second kappa shape index (κ2) is 6.60. The molecule has 3 N–H and O–H groups in total. The summed E-state index contributed by atoms with van der Waals surface area (Å²) in [6, 6.07) is 0. The second-order valence-corrected chi connectivity index (χ2v) is 5.87. The van der Waals surface area contributed by atoms with E-state index in [1.807, 2.05) is 11.9 Å². The van der Waals surface area contributed by atoms with Crippen LogP contribution < -0.4 is 16.0 Å². The highest BCUT2D eigenvalue weighted by Gasteiger charge is 2.27. The molecular formula is C13H21N3O3S. The van der Waals surface area contributed by atoms with Crippen LogP contribution in [0.2, 0.25) is 0 Å². The molecule has 1 aromatic heterocycles. The lowest BCUT2D eigenvalue weighted by Crippen LogP contribution is -2.26. The van der Waals surface area contributed by atoms with Crippen molar-refractivity contribution in [3.05, 3.63) is 10.4 Å². The number of ether oxygens (including phenoxy) is 1. The molecule has 112 valence electrons. The number of anilines is 2. The maximum Gasteiger partial charge on any atom is 0.350 e. The van der Waals surface area contributed by atoms with Gasteiger partial charge in [-0.1, -0.05) is 13.8 Å². The van der Waals surface area contributed by atoms with Crippen molar-refractivity contribution in [2.24, 2.45) is 5.92 Å². The van der Waals surface area contributed by atoms with Gasteiger partial charge in [0.25, 0.3) is 5.91 Å². The minimum Gasteiger partial charge on any atom is -0.465 e. The molecule has 7 heteroatoms. The van der Waals surface area contributed by atoms with Crippen molar-refractivity contribution in [2.75, 3.05) is 38.4 Å². The number of nitrogen functional groups attached to an aromatic ring is 1. The summed E-state index contributed by atoms with van der Waals surface area (Å²) in [4.78, 5) is 25.9. The number of nitrogens with two attached hydrogens (primary N) is 1. The highest BCUT2D eigenvalue weighted by molar-refractivity contribution is 7.19. The van der Waals surface area contributed by atoms with E-state index in [1.54, 1.807) is 0 Å². The number of thiophene rings is 1. The Bertz CT molecular complexity index is 511. The van der Waals surface area contributed by atoms with Crippen LogP contribution in [0.5, 0.6) is 0 Å². The van der Waals surface area contributed by atoms with E-state index in [0.717, 1.165) is 6.54 Å². The molecule has 1 heterocycles. The molecule has 0 saturated heterocycles. The number of methoxy groups -OCH3 is 1. The molecule has 6 nitrogen and oxygen atoms in total.